The number of alkyl halides is 3. The van der Waals surface area contributed by atoms with Crippen LogP contribution in [0.5, 0.6) is 0 Å². The summed E-state index contributed by atoms with van der Waals surface area (Å²) in [5.41, 5.74) is -3.21. The first kappa shape index (κ1) is 19.1. The number of hydrogen-bond donors (Lipinski definition) is 0. The number of aliphatic imine (C=N–C) groups is 2. The molecule has 3 heterocycles. The summed E-state index contributed by atoms with van der Waals surface area (Å²) in [5.74, 6) is -2.00. The molecule has 27 heavy (non-hydrogen) atoms. The van der Waals surface area contributed by atoms with Crippen LogP contribution < -0.4 is 0 Å². The van der Waals surface area contributed by atoms with Crippen LogP contribution in [0.25, 0.3) is 0 Å². The maximum absolute atomic E-state index is 14.0. The van der Waals surface area contributed by atoms with Crippen molar-refractivity contribution in [3.05, 3.63) is 30.1 Å². The molecule has 0 spiro atoms. The van der Waals surface area contributed by atoms with E-state index in [-0.39, 0.29) is 37.2 Å². The average Bonchev–Trinajstić information content (AvgIpc) is 2.68. The van der Waals surface area contributed by atoms with E-state index in [1.54, 1.807) is 0 Å². The van der Waals surface area contributed by atoms with E-state index in [2.05, 4.69) is 19.7 Å². The Morgan fingerprint density at radius 1 is 1.26 bits per heavy atom. The van der Waals surface area contributed by atoms with Gasteiger partial charge < -0.3 is 19.1 Å². The first-order valence-electron chi connectivity index (χ1n) is 8.22. The SMILES string of the molecule is CCOC(=O)C1(C(F)(F)F)N=C(c2ccncc2)OC(N2CCOCC2)=N1. The Bertz CT molecular complexity index is 748. The Morgan fingerprint density at radius 3 is 2.52 bits per heavy atom. The lowest BCUT2D eigenvalue weighted by Gasteiger charge is -2.35. The summed E-state index contributed by atoms with van der Waals surface area (Å²) in [5, 5.41) is 0. The van der Waals surface area contributed by atoms with E-state index in [0.717, 1.165) is 0 Å². The zero-order valence-electron chi connectivity index (χ0n) is 14.4. The van der Waals surface area contributed by atoms with Gasteiger partial charge in [0.15, 0.2) is 0 Å². The van der Waals surface area contributed by atoms with E-state index < -0.39 is 17.8 Å². The molecule has 1 aromatic rings. The molecular weight excluding hydrogens is 369 g/mol. The monoisotopic (exact) mass is 386 g/mol. The van der Waals surface area contributed by atoms with Gasteiger partial charge in [0.25, 0.3) is 6.02 Å². The molecule has 2 aliphatic rings. The number of aromatic nitrogens is 1. The lowest BCUT2D eigenvalue weighted by molar-refractivity contribution is -0.204. The van der Waals surface area contributed by atoms with E-state index in [0.29, 0.717) is 13.2 Å². The van der Waals surface area contributed by atoms with Crippen LogP contribution in [0.4, 0.5) is 13.2 Å². The smallest absolute Gasteiger partial charge is 0.446 e. The molecule has 0 saturated carbocycles. The molecule has 1 unspecified atom stereocenters. The molecule has 1 fully saturated rings. The Balaban J connectivity index is 2.12. The highest BCUT2D eigenvalue weighted by Crippen LogP contribution is 2.39. The van der Waals surface area contributed by atoms with Crippen LogP contribution in [0.2, 0.25) is 0 Å². The Kier molecular flexibility index (Phi) is 5.31. The second-order valence-corrected chi connectivity index (χ2v) is 5.64. The highest BCUT2D eigenvalue weighted by Gasteiger charge is 2.65. The first-order chi connectivity index (χ1) is 12.9. The molecule has 0 bridgehead atoms. The van der Waals surface area contributed by atoms with Gasteiger partial charge in [0.05, 0.1) is 19.8 Å². The number of pyridine rings is 1. The Hall–Kier alpha value is -2.69. The summed E-state index contributed by atoms with van der Waals surface area (Å²) in [6, 6.07) is 2.49. The summed E-state index contributed by atoms with van der Waals surface area (Å²) in [6.07, 6.45) is -2.37. The van der Waals surface area contributed by atoms with Crippen molar-refractivity contribution in [3.8, 4) is 0 Å². The van der Waals surface area contributed by atoms with Gasteiger partial charge in [0.1, 0.15) is 0 Å². The van der Waals surface area contributed by atoms with Crippen LogP contribution in [0.3, 0.4) is 0 Å². The number of morpholine rings is 1. The van der Waals surface area contributed by atoms with Crippen molar-refractivity contribution in [3.63, 3.8) is 0 Å². The number of halogens is 3. The standard InChI is InChI=1S/C16H17F3N4O4/c1-2-26-13(24)15(16(17,18)19)21-12(11-3-5-20-6-4-11)27-14(22-15)23-7-9-25-10-8-23/h3-6H,2,7-10H2,1H3. The van der Waals surface area contributed by atoms with Gasteiger partial charge in [-0.05, 0) is 19.1 Å². The van der Waals surface area contributed by atoms with Crippen LogP contribution in [0, 0.1) is 0 Å². The topological polar surface area (TPSA) is 85.6 Å². The third-order valence-corrected chi connectivity index (χ3v) is 3.87. The maximum atomic E-state index is 14.0. The predicted molar refractivity (Wildman–Crippen MR) is 87.1 cm³/mol. The second kappa shape index (κ2) is 7.51. The van der Waals surface area contributed by atoms with Gasteiger partial charge in [-0.15, -0.1) is 0 Å². The largest absolute Gasteiger partial charge is 0.462 e. The summed E-state index contributed by atoms with van der Waals surface area (Å²) in [4.78, 5) is 24.7. The molecule has 0 amide bonds. The number of rotatable bonds is 3. The lowest BCUT2D eigenvalue weighted by atomic mass is 10.1. The van der Waals surface area contributed by atoms with E-state index in [4.69, 9.17) is 9.47 Å². The number of ether oxygens (including phenoxy) is 3. The summed E-state index contributed by atoms with van der Waals surface area (Å²) >= 11 is 0. The average molecular weight is 386 g/mol. The molecule has 2 aliphatic heterocycles. The molecule has 0 aromatic carbocycles. The van der Waals surface area contributed by atoms with E-state index in [9.17, 15) is 18.0 Å². The predicted octanol–water partition coefficient (Wildman–Crippen LogP) is 1.37. The molecule has 0 aliphatic carbocycles. The number of nitrogens with zero attached hydrogens (tertiary/aromatic N) is 4. The summed E-state index contributed by atoms with van der Waals surface area (Å²) < 4.78 is 57.3. The summed E-state index contributed by atoms with van der Waals surface area (Å²) in [7, 11) is 0. The zero-order chi connectivity index (χ0) is 19.5. The molecule has 0 radical (unpaired) electrons. The maximum Gasteiger partial charge on any atom is 0.446 e. The highest BCUT2D eigenvalue weighted by molar-refractivity contribution is 6.05. The van der Waals surface area contributed by atoms with Crippen LogP contribution in [0.1, 0.15) is 12.5 Å². The van der Waals surface area contributed by atoms with E-state index >= 15 is 0 Å². The molecule has 1 atom stereocenters. The molecule has 8 nitrogen and oxygen atoms in total. The second-order valence-electron chi connectivity index (χ2n) is 5.64. The Labute approximate surface area is 152 Å². The summed E-state index contributed by atoms with van der Waals surface area (Å²) in [6.45, 7) is 2.27. The minimum atomic E-state index is -5.13. The number of carbonyl (C=O) groups excluding carboxylic acids is 1. The minimum absolute atomic E-state index is 0.226. The number of amidine groups is 1. The van der Waals surface area contributed by atoms with Crippen molar-refractivity contribution in [2.45, 2.75) is 18.8 Å². The zero-order valence-corrected chi connectivity index (χ0v) is 14.4. The molecule has 0 N–H and O–H groups in total. The molecule has 1 aromatic heterocycles. The van der Waals surface area contributed by atoms with Gasteiger partial charge in [0.2, 0.25) is 5.90 Å². The first-order valence-corrected chi connectivity index (χ1v) is 8.22. The highest BCUT2D eigenvalue weighted by atomic mass is 19.4. The van der Waals surface area contributed by atoms with Crippen LogP contribution in [-0.4, -0.2) is 72.5 Å². The fourth-order valence-corrected chi connectivity index (χ4v) is 2.52. The lowest BCUT2D eigenvalue weighted by Crippen LogP contribution is -2.56. The minimum Gasteiger partial charge on any atom is -0.462 e. The van der Waals surface area contributed by atoms with Gasteiger partial charge in [0, 0.05) is 31.0 Å². The van der Waals surface area contributed by atoms with E-state index in [1.165, 1.54) is 36.4 Å². The molecule has 11 heteroatoms. The van der Waals surface area contributed by atoms with Gasteiger partial charge in [-0.2, -0.15) is 23.2 Å². The molecular formula is C16H17F3N4O4. The van der Waals surface area contributed by atoms with Crippen molar-refractivity contribution in [2.75, 3.05) is 32.9 Å². The molecule has 1 saturated heterocycles. The quantitative estimate of drug-likeness (QED) is 0.730. The number of esters is 1. The van der Waals surface area contributed by atoms with Crippen molar-refractivity contribution in [2.24, 2.45) is 9.98 Å². The van der Waals surface area contributed by atoms with Crippen molar-refractivity contribution in [1.29, 1.82) is 0 Å². The third-order valence-electron chi connectivity index (χ3n) is 3.87. The van der Waals surface area contributed by atoms with Crippen molar-refractivity contribution < 1.29 is 32.2 Å². The molecule has 146 valence electrons. The van der Waals surface area contributed by atoms with Gasteiger partial charge in [-0.25, -0.2) is 4.79 Å². The fourth-order valence-electron chi connectivity index (χ4n) is 2.52. The van der Waals surface area contributed by atoms with Crippen LogP contribution >= 0.6 is 0 Å². The molecule has 3 rings (SSSR count). The van der Waals surface area contributed by atoms with E-state index in [1.807, 2.05) is 0 Å². The normalized spacial score (nSPS) is 23.2. The van der Waals surface area contributed by atoms with Crippen molar-refractivity contribution >= 4 is 17.9 Å². The number of hydrogen-bond acceptors (Lipinski definition) is 8. The number of carbonyl (C=O) groups is 1. The van der Waals surface area contributed by atoms with Crippen LogP contribution in [-0.2, 0) is 19.0 Å². The fraction of sp³-hybridized carbons (Fsp3) is 0.500. The van der Waals surface area contributed by atoms with Crippen LogP contribution in [0.15, 0.2) is 34.5 Å². The van der Waals surface area contributed by atoms with Gasteiger partial charge in [-0.3, -0.25) is 4.98 Å². The van der Waals surface area contributed by atoms with Crippen molar-refractivity contribution in [1.82, 2.24) is 9.88 Å². The third kappa shape index (κ3) is 3.72. The van der Waals surface area contributed by atoms with Gasteiger partial charge >= 0.3 is 17.8 Å². The van der Waals surface area contributed by atoms with Gasteiger partial charge in [-0.1, -0.05) is 0 Å². The Morgan fingerprint density at radius 2 is 1.93 bits per heavy atom.